The highest BCUT2D eigenvalue weighted by Gasteiger charge is 2.01. The van der Waals surface area contributed by atoms with Gasteiger partial charge in [-0.15, -0.1) is 12.4 Å². The molecule has 1 aromatic carbocycles. The van der Waals surface area contributed by atoms with Gasteiger partial charge in [-0.05, 0) is 12.0 Å². The minimum Gasteiger partial charge on any atom is -0.238 e. The molecule has 3 heteroatoms. The van der Waals surface area contributed by atoms with Crippen LogP contribution in [0.4, 0.5) is 0 Å². The maximum absolute atomic E-state index is 3.67. The molecule has 0 fully saturated rings. The van der Waals surface area contributed by atoms with Crippen LogP contribution in [0.3, 0.4) is 0 Å². The van der Waals surface area contributed by atoms with Crippen molar-refractivity contribution in [2.45, 2.75) is 77.7 Å². The van der Waals surface area contributed by atoms with E-state index in [1.54, 1.807) is 0 Å². The molecule has 0 unspecified atom stereocenters. The molecule has 1 nitrogen and oxygen atoms in total. The summed E-state index contributed by atoms with van der Waals surface area (Å²) < 4.78 is 2.26. The summed E-state index contributed by atoms with van der Waals surface area (Å²) in [5, 5.41) is 0. The maximum Gasteiger partial charge on any atom is 0.0343 e. The predicted octanol–water partition coefficient (Wildman–Crippen LogP) is 7.14. The van der Waals surface area contributed by atoms with Gasteiger partial charge in [-0.1, -0.05) is 95.0 Å². The molecule has 0 N–H and O–H groups in total. The summed E-state index contributed by atoms with van der Waals surface area (Å²) in [6.07, 6.45) is 14.0. The van der Waals surface area contributed by atoms with Crippen molar-refractivity contribution in [3.05, 3.63) is 35.9 Å². The Morgan fingerprint density at radius 2 is 1.27 bits per heavy atom. The van der Waals surface area contributed by atoms with E-state index < -0.39 is 0 Å². The van der Waals surface area contributed by atoms with Crippen molar-refractivity contribution in [2.75, 3.05) is 6.54 Å². The molecule has 1 aromatic rings. The van der Waals surface area contributed by atoms with Crippen LogP contribution in [-0.4, -0.2) is 10.5 Å². The minimum absolute atomic E-state index is 0. The van der Waals surface area contributed by atoms with Gasteiger partial charge in [0, 0.05) is 29.2 Å². The average Bonchev–Trinajstić information content (AvgIpc) is 2.50. The van der Waals surface area contributed by atoms with Gasteiger partial charge >= 0.3 is 0 Å². The Labute approximate surface area is 152 Å². The summed E-state index contributed by atoms with van der Waals surface area (Å²) in [6.45, 7) is 4.43. The van der Waals surface area contributed by atoms with Crippen molar-refractivity contribution in [3.63, 3.8) is 0 Å². The molecule has 0 aromatic heterocycles. The maximum atomic E-state index is 3.67. The SMILES string of the molecule is CCCCCCCCCCCCN(Br)Cc1ccccc1.Cl. The molecule has 22 heavy (non-hydrogen) atoms. The van der Waals surface area contributed by atoms with Crippen LogP contribution in [0.5, 0.6) is 0 Å². The first-order valence-corrected chi connectivity index (χ1v) is 9.48. The van der Waals surface area contributed by atoms with Gasteiger partial charge in [-0.2, -0.15) is 0 Å². The zero-order valence-electron chi connectivity index (χ0n) is 14.1. The topological polar surface area (TPSA) is 3.24 Å². The first-order chi connectivity index (χ1) is 10.3. The first kappa shape index (κ1) is 21.9. The Hall–Kier alpha value is -0.0500. The first-order valence-electron chi connectivity index (χ1n) is 8.77. The quantitative estimate of drug-likeness (QED) is 0.255. The van der Waals surface area contributed by atoms with Crippen LogP contribution >= 0.6 is 28.6 Å². The molecule has 0 aliphatic rings. The Kier molecular flexibility index (Phi) is 15.8. The largest absolute Gasteiger partial charge is 0.238 e. The van der Waals surface area contributed by atoms with Gasteiger partial charge in [0.05, 0.1) is 0 Å². The molecular weight excluding hydrogens is 358 g/mol. The lowest BCUT2D eigenvalue weighted by Crippen LogP contribution is -2.12. The van der Waals surface area contributed by atoms with E-state index in [1.165, 1.54) is 69.8 Å². The monoisotopic (exact) mass is 389 g/mol. The average molecular weight is 391 g/mol. The van der Waals surface area contributed by atoms with Gasteiger partial charge in [0.25, 0.3) is 0 Å². The summed E-state index contributed by atoms with van der Waals surface area (Å²) >= 11 is 3.67. The zero-order valence-corrected chi connectivity index (χ0v) is 16.5. The summed E-state index contributed by atoms with van der Waals surface area (Å²) in [5.74, 6) is 0. The molecule has 0 heterocycles. The van der Waals surface area contributed by atoms with Gasteiger partial charge in [-0.25, -0.2) is 3.93 Å². The van der Waals surface area contributed by atoms with Gasteiger partial charge in [0.1, 0.15) is 0 Å². The Bertz CT molecular complexity index is 331. The van der Waals surface area contributed by atoms with Crippen molar-refractivity contribution < 1.29 is 0 Å². The Morgan fingerprint density at radius 3 is 1.82 bits per heavy atom. The fourth-order valence-electron chi connectivity index (χ4n) is 2.63. The highest BCUT2D eigenvalue weighted by atomic mass is 79.9. The third-order valence-electron chi connectivity index (χ3n) is 3.95. The van der Waals surface area contributed by atoms with Crippen LogP contribution in [0.2, 0.25) is 0 Å². The molecule has 0 atom stereocenters. The van der Waals surface area contributed by atoms with E-state index in [4.69, 9.17) is 0 Å². The molecule has 0 saturated carbocycles. The van der Waals surface area contributed by atoms with Crippen molar-refractivity contribution in [1.82, 2.24) is 3.93 Å². The summed E-state index contributed by atoms with van der Waals surface area (Å²) in [4.78, 5) is 0. The number of hydrogen-bond acceptors (Lipinski definition) is 1. The van der Waals surface area contributed by atoms with Gasteiger partial charge in [-0.3, -0.25) is 0 Å². The van der Waals surface area contributed by atoms with E-state index in [0.717, 1.165) is 13.1 Å². The number of benzene rings is 1. The third-order valence-corrected chi connectivity index (χ3v) is 4.56. The molecule has 0 radical (unpaired) electrons. The number of unbranched alkanes of at least 4 members (excludes halogenated alkanes) is 9. The molecule has 1 rings (SSSR count). The molecule has 0 bridgehead atoms. The number of rotatable bonds is 13. The standard InChI is InChI=1S/C19H32BrN.ClH/c1-2-3-4-5-6-7-8-9-10-14-17-21(20)18-19-15-12-11-13-16-19;/h11-13,15-16H,2-10,14,17-18H2,1H3;1H. The second-order valence-electron chi connectivity index (χ2n) is 6.01. The van der Waals surface area contributed by atoms with Crippen LogP contribution in [-0.2, 0) is 6.54 Å². The lowest BCUT2D eigenvalue weighted by atomic mass is 10.1. The highest BCUT2D eigenvalue weighted by molar-refractivity contribution is 9.07. The van der Waals surface area contributed by atoms with Crippen molar-refractivity contribution in [2.24, 2.45) is 0 Å². The number of hydrogen-bond donors (Lipinski definition) is 0. The second-order valence-corrected chi connectivity index (χ2v) is 7.02. The Morgan fingerprint density at radius 1 is 0.773 bits per heavy atom. The normalized spacial score (nSPS) is 10.7. The summed E-state index contributed by atoms with van der Waals surface area (Å²) in [6, 6.07) is 10.7. The van der Waals surface area contributed by atoms with Crippen LogP contribution < -0.4 is 0 Å². The molecule has 0 spiro atoms. The van der Waals surface area contributed by atoms with E-state index in [-0.39, 0.29) is 12.4 Å². The van der Waals surface area contributed by atoms with E-state index in [2.05, 4.69) is 57.3 Å². The number of halogens is 2. The van der Waals surface area contributed by atoms with Crippen LogP contribution in [0.15, 0.2) is 30.3 Å². The fraction of sp³-hybridized carbons (Fsp3) is 0.684. The Balaban J connectivity index is 0.00000441. The predicted molar refractivity (Wildman–Crippen MR) is 105 cm³/mol. The fourth-order valence-corrected chi connectivity index (χ4v) is 3.17. The van der Waals surface area contributed by atoms with Crippen LogP contribution in [0.1, 0.15) is 76.7 Å². The summed E-state index contributed by atoms with van der Waals surface area (Å²) in [5.41, 5.74) is 1.38. The lowest BCUT2D eigenvalue weighted by molar-refractivity contribution is 0.451. The number of nitrogens with zero attached hydrogens (tertiary/aromatic N) is 1. The van der Waals surface area contributed by atoms with E-state index in [1.807, 2.05) is 0 Å². The summed E-state index contributed by atoms with van der Waals surface area (Å²) in [7, 11) is 0. The third kappa shape index (κ3) is 12.5. The van der Waals surface area contributed by atoms with E-state index >= 15 is 0 Å². The van der Waals surface area contributed by atoms with E-state index in [9.17, 15) is 0 Å². The lowest BCUT2D eigenvalue weighted by Gasteiger charge is -2.14. The molecule has 0 amide bonds. The molecule has 0 aliphatic carbocycles. The molecule has 128 valence electrons. The van der Waals surface area contributed by atoms with Crippen LogP contribution in [0.25, 0.3) is 0 Å². The molecular formula is C19H33BrClN. The zero-order chi connectivity index (χ0) is 15.2. The smallest absolute Gasteiger partial charge is 0.0343 e. The van der Waals surface area contributed by atoms with Crippen molar-refractivity contribution in [1.29, 1.82) is 0 Å². The van der Waals surface area contributed by atoms with Gasteiger partial charge in [0.15, 0.2) is 0 Å². The highest BCUT2D eigenvalue weighted by Crippen LogP contribution is 2.13. The van der Waals surface area contributed by atoms with E-state index in [0.29, 0.717) is 0 Å². The van der Waals surface area contributed by atoms with Gasteiger partial charge in [0.2, 0.25) is 0 Å². The van der Waals surface area contributed by atoms with Gasteiger partial charge < -0.3 is 0 Å². The van der Waals surface area contributed by atoms with Crippen LogP contribution in [0, 0.1) is 0 Å². The second kappa shape index (κ2) is 15.8. The van der Waals surface area contributed by atoms with Crippen molar-refractivity contribution >= 4 is 28.6 Å². The molecule has 0 saturated heterocycles. The van der Waals surface area contributed by atoms with Crippen molar-refractivity contribution in [3.8, 4) is 0 Å². The molecule has 0 aliphatic heterocycles. The minimum atomic E-state index is 0.